The average molecular weight is 935 g/mol. The molecule has 0 spiro atoms. The first-order chi connectivity index (χ1) is 17.0. The molecule has 38 heavy (non-hydrogen) atoms. The number of hydrogen-bond donors (Lipinski definition) is 3. The van der Waals surface area contributed by atoms with E-state index < -0.39 is 0 Å². The van der Waals surface area contributed by atoms with Gasteiger partial charge in [0, 0.05) is 34.6 Å². The Bertz CT molecular complexity index is 525. The van der Waals surface area contributed by atoms with E-state index >= 15 is 0 Å². The molecule has 229 valence electrons. The molecular weight excluding hydrogens is 883 g/mol. The molecule has 0 aliphatic carbocycles. The SMILES string of the molecule is C#CCCN.C1CCOC1.CCP(CC)CC.CCP(CC)CC.NCCc1[c-]nn[nH]1.[Au+].[Au+].[B].[N-]=[N+]=[N-]. The predicted octanol–water partition coefficient (Wildman–Crippen LogP) is 5.41. The summed E-state index contributed by atoms with van der Waals surface area (Å²) >= 11 is 0. The van der Waals surface area contributed by atoms with Crippen LogP contribution < -0.4 is 11.5 Å². The van der Waals surface area contributed by atoms with Gasteiger partial charge in [-0.25, -0.2) is 0 Å². The minimum atomic E-state index is 0. The van der Waals surface area contributed by atoms with E-state index in [4.69, 9.17) is 33.7 Å². The number of rotatable bonds is 9. The van der Waals surface area contributed by atoms with Crippen molar-refractivity contribution in [3.05, 3.63) is 27.9 Å². The molecule has 9 nitrogen and oxygen atoms in total. The fourth-order valence-corrected chi connectivity index (χ4v) is 5.07. The van der Waals surface area contributed by atoms with Crippen LogP contribution in [0.15, 0.2) is 0 Å². The van der Waals surface area contributed by atoms with E-state index in [-0.39, 0.29) is 53.2 Å². The van der Waals surface area contributed by atoms with Crippen LogP contribution in [0.2, 0.25) is 0 Å². The van der Waals surface area contributed by atoms with Crippen LogP contribution in [0.25, 0.3) is 16.0 Å². The minimum Gasteiger partial charge on any atom is -0.381 e. The zero-order chi connectivity index (χ0) is 27.6. The topological polar surface area (TPSA) is 162 Å². The Hall–Kier alpha value is 0.295. The van der Waals surface area contributed by atoms with Crippen molar-refractivity contribution in [2.24, 2.45) is 11.5 Å². The summed E-state index contributed by atoms with van der Waals surface area (Å²) < 4.78 is 4.94. The van der Waals surface area contributed by atoms with Gasteiger partial charge in [-0.05, 0) is 62.8 Å². The van der Waals surface area contributed by atoms with Crippen LogP contribution in [0.3, 0.4) is 0 Å². The van der Waals surface area contributed by atoms with Gasteiger partial charge in [-0.2, -0.15) is 0 Å². The second kappa shape index (κ2) is 53.5. The fourth-order valence-electron chi connectivity index (χ4n) is 2.39. The number of nitrogens with zero attached hydrogens (tertiary/aromatic N) is 5. The number of aromatic amines is 1. The molecular formula is C24H52Au2BN8OP2. The van der Waals surface area contributed by atoms with E-state index in [9.17, 15) is 0 Å². The van der Waals surface area contributed by atoms with Gasteiger partial charge < -0.3 is 43.7 Å². The Kier molecular flexibility index (Phi) is 76.6. The summed E-state index contributed by atoms with van der Waals surface area (Å²) in [5.74, 6) is 2.39. The molecule has 0 unspecified atom stereocenters. The largest absolute Gasteiger partial charge is 1.00 e. The Balaban J connectivity index is -0.0000000610. The van der Waals surface area contributed by atoms with Crippen molar-refractivity contribution >= 4 is 24.3 Å². The van der Waals surface area contributed by atoms with E-state index in [1.165, 1.54) is 54.7 Å². The molecule has 0 atom stereocenters. The van der Waals surface area contributed by atoms with Crippen LogP contribution in [-0.4, -0.2) is 87.1 Å². The molecule has 1 aromatic heterocycles. The Morgan fingerprint density at radius 3 is 1.45 bits per heavy atom. The van der Waals surface area contributed by atoms with E-state index in [1.54, 1.807) is 0 Å². The molecule has 1 aliphatic rings. The van der Waals surface area contributed by atoms with E-state index in [2.05, 4.69) is 69.1 Å². The Morgan fingerprint density at radius 1 is 0.921 bits per heavy atom. The first kappa shape index (κ1) is 54.4. The number of H-pyrrole nitrogens is 1. The molecule has 2 rings (SSSR count). The minimum absolute atomic E-state index is 0. The third-order valence-electron chi connectivity index (χ3n) is 4.61. The van der Waals surface area contributed by atoms with E-state index in [1.807, 2.05) is 0 Å². The second-order valence-electron chi connectivity index (χ2n) is 6.83. The van der Waals surface area contributed by atoms with Crippen LogP contribution in [0, 0.1) is 18.5 Å². The summed E-state index contributed by atoms with van der Waals surface area (Å²) in [5, 5.41) is 9.55. The second-order valence-corrected chi connectivity index (χ2v) is 13.3. The standard InChI is InChI=1S/2C6H15P.C4H7N4.C4H7N.C4H8O.2Au.B.N3/c2*1-4-7(5-2)6-3;5-2-1-4-3-6-8-7-4;1-2-3-4-5;1-2-4-5-3-1;;;;1-3-2/h2*4-6H2,1-3H3;1-2,5H2,(H,6,7,8);1H,3-5H2;1-4H2;;;;/q;;-1;;;2*+1;;-1. The van der Waals surface area contributed by atoms with Crippen LogP contribution in [0.4, 0.5) is 0 Å². The maximum absolute atomic E-state index is 6.75. The van der Waals surface area contributed by atoms with Crippen molar-refractivity contribution in [3.8, 4) is 12.3 Å². The smallest absolute Gasteiger partial charge is 0.381 e. The zero-order valence-electron chi connectivity index (χ0n) is 24.4. The molecule has 0 bridgehead atoms. The molecule has 3 radical (unpaired) electrons. The molecule has 0 saturated carbocycles. The summed E-state index contributed by atoms with van der Waals surface area (Å²) in [6.07, 6.45) is 20.0. The molecule has 5 N–H and O–H groups in total. The number of aromatic nitrogens is 3. The third kappa shape index (κ3) is 52.7. The molecule has 14 heteroatoms. The molecule has 1 aromatic rings. The van der Waals surface area contributed by atoms with Crippen LogP contribution in [-0.2, 0) is 55.9 Å². The van der Waals surface area contributed by atoms with E-state index in [0.29, 0.717) is 35.4 Å². The summed E-state index contributed by atoms with van der Waals surface area (Å²) in [6, 6.07) is 0. The monoisotopic (exact) mass is 935 g/mol. The molecule has 1 aliphatic heterocycles. The van der Waals surface area contributed by atoms with Gasteiger partial charge in [0.2, 0.25) is 0 Å². The van der Waals surface area contributed by atoms with Crippen molar-refractivity contribution in [2.75, 3.05) is 63.3 Å². The third-order valence-corrected chi connectivity index (χ3v) is 9.98. The summed E-state index contributed by atoms with van der Waals surface area (Å²) in [5.41, 5.74) is 24.6. The van der Waals surface area contributed by atoms with E-state index in [0.717, 1.165) is 25.3 Å². The summed E-state index contributed by atoms with van der Waals surface area (Å²) in [6.45, 7) is 17.0. The molecule has 0 aromatic carbocycles. The summed E-state index contributed by atoms with van der Waals surface area (Å²) in [4.78, 5) is 1.50. The van der Waals surface area contributed by atoms with Gasteiger partial charge in [0.15, 0.2) is 0 Å². The number of hydrogen-bond acceptors (Lipinski definition) is 5. The first-order valence-electron chi connectivity index (χ1n) is 12.6. The normalized spacial score (nSPS) is 10.0. The number of terminal acetylenes is 1. The van der Waals surface area contributed by atoms with Gasteiger partial charge >= 0.3 is 44.8 Å². The van der Waals surface area contributed by atoms with Crippen molar-refractivity contribution in [2.45, 2.75) is 67.2 Å². The van der Waals surface area contributed by atoms with Gasteiger partial charge in [0.25, 0.3) is 0 Å². The maximum atomic E-state index is 6.75. The predicted molar refractivity (Wildman–Crippen MR) is 163 cm³/mol. The van der Waals surface area contributed by atoms with Crippen LogP contribution >= 0.6 is 15.8 Å². The van der Waals surface area contributed by atoms with Gasteiger partial charge in [-0.1, -0.05) is 41.5 Å². The van der Waals surface area contributed by atoms with Crippen molar-refractivity contribution in [3.63, 3.8) is 0 Å². The first-order valence-corrected chi connectivity index (χ1v) is 16.4. The summed E-state index contributed by atoms with van der Waals surface area (Å²) in [7, 11) is 0.892. The van der Waals surface area contributed by atoms with Gasteiger partial charge in [0.05, 0.1) is 0 Å². The maximum Gasteiger partial charge on any atom is 1.00 e. The van der Waals surface area contributed by atoms with Gasteiger partial charge in [0.1, 0.15) is 0 Å². The quantitative estimate of drug-likeness (QED) is 0.0574. The zero-order valence-corrected chi connectivity index (χ0v) is 30.5. The number of ether oxygens (including phenoxy) is 1. The fraction of sp³-hybridized carbons (Fsp3) is 0.833. The molecule has 0 amide bonds. The number of nitrogens with two attached hydrogens (primary N) is 2. The van der Waals surface area contributed by atoms with Crippen molar-refractivity contribution < 1.29 is 49.5 Å². The number of nitrogens with one attached hydrogen (secondary N) is 1. The van der Waals surface area contributed by atoms with Crippen LogP contribution in [0.5, 0.6) is 0 Å². The van der Waals surface area contributed by atoms with Crippen molar-refractivity contribution in [1.29, 1.82) is 0 Å². The van der Waals surface area contributed by atoms with Crippen LogP contribution in [0.1, 0.15) is 66.5 Å². The Labute approximate surface area is 269 Å². The van der Waals surface area contributed by atoms with Gasteiger partial charge in [-0.15, -0.1) is 39.1 Å². The molecule has 2 heterocycles. The van der Waals surface area contributed by atoms with Gasteiger partial charge in [-0.3, -0.25) is 4.91 Å². The Morgan fingerprint density at radius 2 is 1.32 bits per heavy atom. The average Bonchev–Trinajstić information content (AvgIpc) is 3.62. The molecule has 1 fully saturated rings. The molecule has 1 saturated heterocycles. The van der Waals surface area contributed by atoms with Crippen molar-refractivity contribution in [1.82, 2.24) is 15.4 Å².